The van der Waals surface area contributed by atoms with Crippen LogP contribution in [0.1, 0.15) is 53.2 Å². The van der Waals surface area contributed by atoms with Crippen molar-refractivity contribution in [3.63, 3.8) is 0 Å². The number of amides is 1. The lowest BCUT2D eigenvalue weighted by atomic mass is 10.0. The first kappa shape index (κ1) is 22.0. The third-order valence-corrected chi connectivity index (χ3v) is 7.30. The molecule has 2 aromatic rings. The van der Waals surface area contributed by atoms with Gasteiger partial charge in [0.1, 0.15) is 5.69 Å². The van der Waals surface area contributed by atoms with E-state index in [0.29, 0.717) is 35.3 Å². The van der Waals surface area contributed by atoms with E-state index in [1.807, 2.05) is 24.3 Å². The summed E-state index contributed by atoms with van der Waals surface area (Å²) >= 11 is 1.45. The first-order valence-electron chi connectivity index (χ1n) is 9.07. The van der Waals surface area contributed by atoms with Crippen LogP contribution in [0.3, 0.4) is 0 Å². The van der Waals surface area contributed by atoms with Crippen LogP contribution in [0, 0.1) is 0 Å². The second kappa shape index (κ2) is 10.9. The molecule has 0 saturated heterocycles. The van der Waals surface area contributed by atoms with Crippen molar-refractivity contribution in [2.24, 2.45) is 5.73 Å². The molecule has 5 nitrogen and oxygen atoms in total. The molecule has 0 aliphatic heterocycles. The summed E-state index contributed by atoms with van der Waals surface area (Å²) in [5.74, 6) is 0.321. The SMILES string of the molecule is Cl.NCCc1nc(C(=O)Nc2cccc(CS(=O)C3CCCCC3)c2)cs1. The Morgan fingerprint density at radius 2 is 2.07 bits per heavy atom. The molecule has 1 heterocycles. The molecule has 27 heavy (non-hydrogen) atoms. The Labute approximate surface area is 173 Å². The van der Waals surface area contributed by atoms with Gasteiger partial charge in [-0.2, -0.15) is 0 Å². The lowest BCUT2D eigenvalue weighted by Gasteiger charge is -2.21. The van der Waals surface area contributed by atoms with E-state index >= 15 is 0 Å². The number of nitrogens with zero attached hydrogens (tertiary/aromatic N) is 1. The molecule has 1 aromatic carbocycles. The fraction of sp³-hybridized carbons (Fsp3) is 0.474. The topological polar surface area (TPSA) is 85.1 Å². The number of carbonyl (C=O) groups is 1. The van der Waals surface area contributed by atoms with Crippen molar-refractivity contribution in [2.45, 2.75) is 49.5 Å². The number of carbonyl (C=O) groups excluding carboxylic acids is 1. The molecular formula is C19H26ClN3O2S2. The quantitative estimate of drug-likeness (QED) is 0.701. The highest BCUT2D eigenvalue weighted by Gasteiger charge is 2.20. The number of aromatic nitrogens is 1. The molecule has 1 aromatic heterocycles. The molecule has 8 heteroatoms. The summed E-state index contributed by atoms with van der Waals surface area (Å²) in [6, 6.07) is 7.62. The van der Waals surface area contributed by atoms with Crippen LogP contribution in [0.2, 0.25) is 0 Å². The van der Waals surface area contributed by atoms with Gasteiger partial charge < -0.3 is 11.1 Å². The number of nitrogens with two attached hydrogens (primary N) is 1. The largest absolute Gasteiger partial charge is 0.330 e. The predicted octanol–water partition coefficient (Wildman–Crippen LogP) is 3.90. The number of halogens is 1. The van der Waals surface area contributed by atoms with Crippen molar-refractivity contribution >= 4 is 46.1 Å². The van der Waals surface area contributed by atoms with Crippen molar-refractivity contribution in [3.05, 3.63) is 45.9 Å². The van der Waals surface area contributed by atoms with E-state index in [0.717, 1.165) is 23.4 Å². The number of hydrogen-bond donors (Lipinski definition) is 2. The van der Waals surface area contributed by atoms with E-state index in [9.17, 15) is 9.00 Å². The molecule has 148 valence electrons. The van der Waals surface area contributed by atoms with Crippen molar-refractivity contribution in [2.75, 3.05) is 11.9 Å². The number of rotatable bonds is 7. The maximum atomic E-state index is 12.6. The van der Waals surface area contributed by atoms with Crippen LogP contribution in [0.5, 0.6) is 0 Å². The highest BCUT2D eigenvalue weighted by atomic mass is 35.5. The van der Waals surface area contributed by atoms with Gasteiger partial charge in [0.25, 0.3) is 5.91 Å². The fourth-order valence-corrected chi connectivity index (χ4v) is 5.59. The monoisotopic (exact) mass is 427 g/mol. The summed E-state index contributed by atoms with van der Waals surface area (Å²) in [6.07, 6.45) is 6.45. The second-order valence-corrected chi connectivity index (χ2v) is 9.26. The maximum Gasteiger partial charge on any atom is 0.275 e. The Balaban J connectivity index is 0.00000261. The summed E-state index contributed by atoms with van der Waals surface area (Å²) in [5.41, 5.74) is 7.64. The van der Waals surface area contributed by atoms with Crippen LogP contribution >= 0.6 is 23.7 Å². The van der Waals surface area contributed by atoms with E-state index in [2.05, 4.69) is 10.3 Å². The molecule has 1 saturated carbocycles. The Bertz CT molecular complexity index is 776. The molecule has 3 N–H and O–H groups in total. The summed E-state index contributed by atoms with van der Waals surface area (Å²) in [7, 11) is -0.849. The van der Waals surface area contributed by atoms with Crippen LogP contribution in [0.4, 0.5) is 5.69 Å². The van der Waals surface area contributed by atoms with Crippen LogP contribution < -0.4 is 11.1 Å². The number of hydrogen-bond acceptors (Lipinski definition) is 5. The lowest BCUT2D eigenvalue weighted by molar-refractivity contribution is 0.102. The lowest BCUT2D eigenvalue weighted by Crippen LogP contribution is -2.20. The van der Waals surface area contributed by atoms with Gasteiger partial charge in [-0.25, -0.2) is 4.98 Å². The van der Waals surface area contributed by atoms with Gasteiger partial charge in [-0.15, -0.1) is 23.7 Å². The van der Waals surface area contributed by atoms with Crippen molar-refractivity contribution in [1.82, 2.24) is 4.98 Å². The summed E-state index contributed by atoms with van der Waals surface area (Å²) in [5, 5.41) is 5.82. The minimum Gasteiger partial charge on any atom is -0.330 e. The predicted molar refractivity (Wildman–Crippen MR) is 115 cm³/mol. The standard InChI is InChI=1S/C19H25N3O2S2.ClH/c20-10-9-18-22-17(12-25-18)19(23)21-15-6-4-5-14(11-15)13-26(24)16-7-2-1-3-8-16;/h4-6,11-12,16H,1-3,7-10,13,20H2,(H,21,23);1H. The molecular weight excluding hydrogens is 402 g/mol. The van der Waals surface area contributed by atoms with Crippen molar-refractivity contribution in [1.29, 1.82) is 0 Å². The zero-order chi connectivity index (χ0) is 18.4. The van der Waals surface area contributed by atoms with Gasteiger partial charge in [-0.1, -0.05) is 31.4 Å². The molecule has 1 atom stereocenters. The zero-order valence-electron chi connectivity index (χ0n) is 15.2. The van der Waals surface area contributed by atoms with Crippen LogP contribution in [0.25, 0.3) is 0 Å². The van der Waals surface area contributed by atoms with Gasteiger partial charge >= 0.3 is 0 Å². The Morgan fingerprint density at radius 1 is 1.30 bits per heavy atom. The molecule has 1 aliphatic rings. The molecule has 0 bridgehead atoms. The van der Waals surface area contributed by atoms with Gasteiger partial charge in [-0.05, 0) is 37.1 Å². The van der Waals surface area contributed by atoms with E-state index in [1.54, 1.807) is 5.38 Å². The Kier molecular flexibility index (Phi) is 8.89. The molecule has 1 fully saturated rings. The minimum atomic E-state index is -0.849. The fourth-order valence-electron chi connectivity index (χ4n) is 3.20. The average molecular weight is 428 g/mol. The third kappa shape index (κ3) is 6.38. The molecule has 0 spiro atoms. The Morgan fingerprint density at radius 3 is 2.81 bits per heavy atom. The molecule has 1 unspecified atom stereocenters. The maximum absolute atomic E-state index is 12.6. The van der Waals surface area contributed by atoms with Gasteiger partial charge in [0.05, 0.1) is 5.01 Å². The van der Waals surface area contributed by atoms with E-state index < -0.39 is 10.8 Å². The highest BCUT2D eigenvalue weighted by Crippen LogP contribution is 2.24. The van der Waals surface area contributed by atoms with Crippen LogP contribution in [-0.2, 0) is 23.0 Å². The molecule has 0 radical (unpaired) electrons. The first-order chi connectivity index (χ1) is 12.7. The van der Waals surface area contributed by atoms with Gasteiger partial charge in [0, 0.05) is 39.3 Å². The number of anilines is 1. The van der Waals surface area contributed by atoms with Crippen molar-refractivity contribution < 1.29 is 9.00 Å². The van der Waals surface area contributed by atoms with Gasteiger partial charge in [0.2, 0.25) is 0 Å². The van der Waals surface area contributed by atoms with Gasteiger partial charge in [-0.3, -0.25) is 9.00 Å². The van der Waals surface area contributed by atoms with Crippen molar-refractivity contribution in [3.8, 4) is 0 Å². The normalized spacial score (nSPS) is 15.7. The smallest absolute Gasteiger partial charge is 0.275 e. The second-order valence-electron chi connectivity index (χ2n) is 6.60. The molecule has 3 rings (SSSR count). The molecule has 1 aliphatic carbocycles. The van der Waals surface area contributed by atoms with E-state index in [-0.39, 0.29) is 18.3 Å². The van der Waals surface area contributed by atoms with E-state index in [1.165, 1.54) is 30.6 Å². The highest BCUT2D eigenvalue weighted by molar-refractivity contribution is 7.84. The number of nitrogens with one attached hydrogen (secondary N) is 1. The zero-order valence-corrected chi connectivity index (χ0v) is 17.6. The summed E-state index contributed by atoms with van der Waals surface area (Å²) in [6.45, 7) is 0.523. The van der Waals surface area contributed by atoms with E-state index in [4.69, 9.17) is 5.73 Å². The molecule has 1 amide bonds. The van der Waals surface area contributed by atoms with Crippen LogP contribution in [-0.4, -0.2) is 26.9 Å². The number of benzene rings is 1. The number of thiazole rings is 1. The third-order valence-electron chi connectivity index (χ3n) is 4.56. The first-order valence-corrected chi connectivity index (χ1v) is 11.3. The minimum absolute atomic E-state index is 0. The summed E-state index contributed by atoms with van der Waals surface area (Å²) < 4.78 is 12.6. The average Bonchev–Trinajstić information content (AvgIpc) is 3.12. The summed E-state index contributed by atoms with van der Waals surface area (Å²) in [4.78, 5) is 16.7. The van der Waals surface area contributed by atoms with Gasteiger partial charge in [0.15, 0.2) is 0 Å². The Hall–Kier alpha value is -1.28. The van der Waals surface area contributed by atoms with Crippen LogP contribution in [0.15, 0.2) is 29.6 Å².